The molecule has 3 heterocycles. The van der Waals surface area contributed by atoms with Crippen LogP contribution >= 0.6 is 0 Å². The highest BCUT2D eigenvalue weighted by Crippen LogP contribution is 2.30. The van der Waals surface area contributed by atoms with E-state index >= 15 is 0 Å². The minimum absolute atomic E-state index is 0.262. The molecule has 4 rings (SSSR count). The molecule has 2 aliphatic heterocycles. The fourth-order valence-electron chi connectivity index (χ4n) is 3.67. The van der Waals surface area contributed by atoms with Crippen molar-refractivity contribution in [3.63, 3.8) is 0 Å². The molecule has 4 N–H and O–H groups in total. The van der Waals surface area contributed by atoms with Crippen LogP contribution < -0.4 is 11.1 Å². The molecule has 0 aliphatic carbocycles. The molecule has 122 valence electrons. The number of rotatable bonds is 2. The Bertz CT molecular complexity index is 696. The zero-order chi connectivity index (χ0) is 16.0. The van der Waals surface area contributed by atoms with Crippen molar-refractivity contribution in [3.8, 4) is 0 Å². The number of hydrogen-bond donors (Lipinski definition) is 3. The predicted octanol–water partition coefficient (Wildman–Crippen LogP) is 1.43. The Morgan fingerprint density at radius 2 is 2.13 bits per heavy atom. The number of nitrogens with two attached hydrogens (primary N) is 1. The third kappa shape index (κ3) is 2.65. The van der Waals surface area contributed by atoms with E-state index in [4.69, 9.17) is 5.73 Å². The van der Waals surface area contributed by atoms with Crippen LogP contribution in [0.15, 0.2) is 24.4 Å². The van der Waals surface area contributed by atoms with Gasteiger partial charge >= 0.3 is 0 Å². The summed E-state index contributed by atoms with van der Waals surface area (Å²) in [5.41, 5.74) is 8.95. The molecule has 1 saturated heterocycles. The molecular formula is C16H19F2N5. The van der Waals surface area contributed by atoms with Gasteiger partial charge in [-0.05, 0) is 24.6 Å². The second kappa shape index (κ2) is 5.67. The van der Waals surface area contributed by atoms with E-state index in [1.165, 1.54) is 11.6 Å². The van der Waals surface area contributed by atoms with E-state index in [0.29, 0.717) is 12.1 Å². The summed E-state index contributed by atoms with van der Waals surface area (Å²) in [4.78, 5) is 2.34. The molecular weight excluding hydrogens is 300 g/mol. The Balaban J connectivity index is 1.46. The largest absolute Gasteiger partial charge is 0.326 e. The van der Waals surface area contributed by atoms with Gasteiger partial charge in [-0.25, -0.2) is 8.78 Å². The maximum Gasteiger partial charge on any atom is 0.128 e. The van der Waals surface area contributed by atoms with Gasteiger partial charge in [-0.15, -0.1) is 0 Å². The van der Waals surface area contributed by atoms with E-state index < -0.39 is 11.6 Å². The molecule has 1 aromatic carbocycles. The number of halogens is 2. The lowest BCUT2D eigenvalue weighted by Gasteiger charge is -2.39. The molecule has 2 aliphatic rings. The van der Waals surface area contributed by atoms with Crippen LogP contribution in [0.1, 0.15) is 29.3 Å². The van der Waals surface area contributed by atoms with Crippen molar-refractivity contribution in [3.05, 3.63) is 52.9 Å². The van der Waals surface area contributed by atoms with Crippen molar-refractivity contribution in [2.45, 2.75) is 37.6 Å². The number of benzene rings is 1. The first-order chi connectivity index (χ1) is 11.1. The minimum atomic E-state index is -0.442. The number of H-pyrrole nitrogens is 1. The second-order valence-electron chi connectivity index (χ2n) is 6.38. The Morgan fingerprint density at radius 1 is 1.26 bits per heavy atom. The van der Waals surface area contributed by atoms with Crippen molar-refractivity contribution < 1.29 is 8.78 Å². The van der Waals surface area contributed by atoms with Gasteiger partial charge in [-0.1, -0.05) is 0 Å². The van der Waals surface area contributed by atoms with Crippen LogP contribution in [-0.2, 0) is 13.1 Å². The summed E-state index contributed by atoms with van der Waals surface area (Å²) in [5, 5.41) is 10.4. The van der Waals surface area contributed by atoms with Crippen LogP contribution in [0.3, 0.4) is 0 Å². The number of aromatic nitrogens is 2. The Hall–Kier alpha value is -1.83. The quantitative estimate of drug-likeness (QED) is 0.783. The molecule has 1 fully saturated rings. The molecule has 2 aromatic rings. The minimum Gasteiger partial charge on any atom is -0.326 e. The van der Waals surface area contributed by atoms with Crippen LogP contribution in [0, 0.1) is 11.6 Å². The number of nitrogens with zero attached hydrogens (tertiary/aromatic N) is 2. The fourth-order valence-corrected chi connectivity index (χ4v) is 3.67. The zero-order valence-electron chi connectivity index (χ0n) is 12.6. The number of hydrogen-bond acceptors (Lipinski definition) is 4. The molecule has 1 aromatic heterocycles. The third-order valence-corrected chi connectivity index (χ3v) is 4.90. The first-order valence-corrected chi connectivity index (χ1v) is 7.81. The molecule has 0 amide bonds. The number of aromatic amines is 1. The molecule has 0 saturated carbocycles. The second-order valence-corrected chi connectivity index (χ2v) is 6.38. The first-order valence-electron chi connectivity index (χ1n) is 7.81. The SMILES string of the molecule is N[C@H]1C[C@@H](N2Cc3cn[nH]c3C2)CN[C@@H]1c1cc(F)ccc1F. The topological polar surface area (TPSA) is 70.0 Å². The summed E-state index contributed by atoms with van der Waals surface area (Å²) in [6.45, 7) is 2.38. The van der Waals surface area contributed by atoms with Crippen LogP contribution in [0.25, 0.3) is 0 Å². The molecule has 0 bridgehead atoms. The highest BCUT2D eigenvalue weighted by Gasteiger charge is 2.35. The standard InChI is InChI=1S/C16H19F2N5/c17-10-1-2-13(18)12(3-10)16-14(19)4-11(6-20-16)23-7-9-5-21-22-15(9)8-23/h1-3,5,11,14,16,20H,4,6-8,19H2,(H,21,22)/t11-,14+,16-/m1/s1. The van der Waals surface area contributed by atoms with Gasteiger partial charge < -0.3 is 11.1 Å². The average Bonchev–Trinajstić information content (AvgIpc) is 3.11. The zero-order valence-corrected chi connectivity index (χ0v) is 12.6. The predicted molar refractivity (Wildman–Crippen MR) is 81.3 cm³/mol. The van der Waals surface area contributed by atoms with Crippen molar-refractivity contribution in [2.75, 3.05) is 6.54 Å². The molecule has 23 heavy (non-hydrogen) atoms. The Labute approximate surface area is 132 Å². The van der Waals surface area contributed by atoms with Gasteiger partial charge in [0, 0.05) is 42.8 Å². The molecule has 3 atom stereocenters. The summed E-state index contributed by atoms with van der Waals surface area (Å²) >= 11 is 0. The molecule has 0 spiro atoms. The number of fused-ring (bicyclic) bond motifs is 1. The van der Waals surface area contributed by atoms with Gasteiger partial charge in [0.25, 0.3) is 0 Å². The van der Waals surface area contributed by atoms with E-state index in [1.807, 2.05) is 6.20 Å². The Kier molecular flexibility index (Phi) is 3.63. The summed E-state index contributed by atoms with van der Waals surface area (Å²) in [7, 11) is 0. The summed E-state index contributed by atoms with van der Waals surface area (Å²) in [6.07, 6.45) is 2.60. The van der Waals surface area contributed by atoms with E-state index in [1.54, 1.807) is 0 Å². The van der Waals surface area contributed by atoms with Gasteiger partial charge in [0.15, 0.2) is 0 Å². The monoisotopic (exact) mass is 319 g/mol. The van der Waals surface area contributed by atoms with Gasteiger partial charge in [0.1, 0.15) is 11.6 Å². The molecule has 7 heteroatoms. The third-order valence-electron chi connectivity index (χ3n) is 4.90. The molecule has 5 nitrogen and oxygen atoms in total. The van der Waals surface area contributed by atoms with Gasteiger partial charge in [-0.2, -0.15) is 5.10 Å². The summed E-state index contributed by atoms with van der Waals surface area (Å²) < 4.78 is 27.4. The van der Waals surface area contributed by atoms with Gasteiger partial charge in [0.05, 0.1) is 17.9 Å². The number of piperidine rings is 1. The van der Waals surface area contributed by atoms with E-state index in [2.05, 4.69) is 20.4 Å². The maximum absolute atomic E-state index is 14.0. The summed E-state index contributed by atoms with van der Waals surface area (Å²) in [5.74, 6) is -0.858. The summed E-state index contributed by atoms with van der Waals surface area (Å²) in [6, 6.07) is 3.18. The van der Waals surface area contributed by atoms with Crippen LogP contribution in [-0.4, -0.2) is 33.7 Å². The van der Waals surface area contributed by atoms with Gasteiger partial charge in [0.2, 0.25) is 0 Å². The molecule has 0 unspecified atom stereocenters. The maximum atomic E-state index is 14.0. The lowest BCUT2D eigenvalue weighted by molar-refractivity contribution is 0.137. The van der Waals surface area contributed by atoms with Gasteiger partial charge in [-0.3, -0.25) is 10.00 Å². The lowest BCUT2D eigenvalue weighted by atomic mass is 9.89. The van der Waals surface area contributed by atoms with Crippen LogP contribution in [0.4, 0.5) is 8.78 Å². The van der Waals surface area contributed by atoms with E-state index in [-0.39, 0.29) is 18.1 Å². The Morgan fingerprint density at radius 3 is 2.91 bits per heavy atom. The highest BCUT2D eigenvalue weighted by atomic mass is 19.1. The number of nitrogens with one attached hydrogen (secondary N) is 2. The van der Waals surface area contributed by atoms with Crippen molar-refractivity contribution in [1.29, 1.82) is 0 Å². The van der Waals surface area contributed by atoms with Crippen molar-refractivity contribution >= 4 is 0 Å². The smallest absolute Gasteiger partial charge is 0.128 e. The van der Waals surface area contributed by atoms with Crippen LogP contribution in [0.2, 0.25) is 0 Å². The first kappa shape index (κ1) is 14.7. The van der Waals surface area contributed by atoms with Crippen molar-refractivity contribution in [2.24, 2.45) is 5.73 Å². The normalized spacial score (nSPS) is 28.0. The molecule has 0 radical (unpaired) electrons. The average molecular weight is 319 g/mol. The fraction of sp³-hybridized carbons (Fsp3) is 0.438. The van der Waals surface area contributed by atoms with E-state index in [9.17, 15) is 8.78 Å². The van der Waals surface area contributed by atoms with Crippen LogP contribution in [0.5, 0.6) is 0 Å². The highest BCUT2D eigenvalue weighted by molar-refractivity contribution is 5.25. The lowest BCUT2D eigenvalue weighted by Crippen LogP contribution is -2.54. The van der Waals surface area contributed by atoms with Crippen molar-refractivity contribution in [1.82, 2.24) is 20.4 Å². The van der Waals surface area contributed by atoms with E-state index in [0.717, 1.165) is 37.3 Å².